The van der Waals surface area contributed by atoms with E-state index in [2.05, 4.69) is 5.32 Å². The van der Waals surface area contributed by atoms with Crippen molar-refractivity contribution in [1.82, 2.24) is 5.32 Å². The highest BCUT2D eigenvalue weighted by Gasteiger charge is 2.12. The third kappa shape index (κ3) is 3.39. The van der Waals surface area contributed by atoms with Gasteiger partial charge < -0.3 is 10.4 Å². The zero-order valence-corrected chi connectivity index (χ0v) is 10.5. The Morgan fingerprint density at radius 3 is 2.45 bits per heavy atom. The number of carbonyl (C=O) groups is 1. The van der Waals surface area contributed by atoms with E-state index in [0.29, 0.717) is 5.56 Å². The molecular weight excluding hydrogens is 264 g/mol. The van der Waals surface area contributed by atoms with Crippen LogP contribution in [0.5, 0.6) is 0 Å². The van der Waals surface area contributed by atoms with Crippen LogP contribution in [0.15, 0.2) is 48.5 Å². The molecule has 104 valence electrons. The first-order valence-electron chi connectivity index (χ1n) is 6.04. The molecule has 1 atom stereocenters. The Kier molecular flexibility index (Phi) is 4.42. The molecule has 0 fully saturated rings. The van der Waals surface area contributed by atoms with Gasteiger partial charge in [-0.2, -0.15) is 0 Å². The van der Waals surface area contributed by atoms with Crippen molar-refractivity contribution in [3.05, 3.63) is 71.3 Å². The quantitative estimate of drug-likeness (QED) is 0.901. The fourth-order valence-electron chi connectivity index (χ4n) is 1.72. The Bertz CT molecular complexity index is 602. The highest BCUT2D eigenvalue weighted by Crippen LogP contribution is 2.15. The molecule has 3 nitrogen and oxygen atoms in total. The van der Waals surface area contributed by atoms with E-state index in [4.69, 9.17) is 0 Å². The van der Waals surface area contributed by atoms with Crippen molar-refractivity contribution in [1.29, 1.82) is 0 Å². The molecule has 5 heteroatoms. The molecule has 0 radical (unpaired) electrons. The monoisotopic (exact) mass is 277 g/mol. The SMILES string of the molecule is O=C(NCC(O)c1ccc(F)c(F)c1)c1ccccc1. The van der Waals surface area contributed by atoms with Gasteiger partial charge in [0.05, 0.1) is 6.10 Å². The lowest BCUT2D eigenvalue weighted by Gasteiger charge is -2.12. The Labute approximate surface area is 114 Å². The smallest absolute Gasteiger partial charge is 0.251 e. The number of aliphatic hydroxyl groups excluding tert-OH is 1. The van der Waals surface area contributed by atoms with Crippen LogP contribution in [0.4, 0.5) is 8.78 Å². The Morgan fingerprint density at radius 1 is 1.10 bits per heavy atom. The first-order chi connectivity index (χ1) is 9.58. The van der Waals surface area contributed by atoms with Crippen LogP contribution in [-0.4, -0.2) is 17.6 Å². The van der Waals surface area contributed by atoms with Crippen molar-refractivity contribution in [3.8, 4) is 0 Å². The molecule has 0 saturated heterocycles. The molecule has 2 aromatic rings. The largest absolute Gasteiger partial charge is 0.387 e. The first-order valence-corrected chi connectivity index (χ1v) is 6.04. The van der Waals surface area contributed by atoms with Crippen molar-refractivity contribution in [3.63, 3.8) is 0 Å². The summed E-state index contributed by atoms with van der Waals surface area (Å²) in [7, 11) is 0. The van der Waals surface area contributed by atoms with Gasteiger partial charge in [0, 0.05) is 12.1 Å². The number of amides is 1. The summed E-state index contributed by atoms with van der Waals surface area (Å²) in [5.74, 6) is -2.35. The van der Waals surface area contributed by atoms with Crippen molar-refractivity contribution in [2.75, 3.05) is 6.54 Å². The summed E-state index contributed by atoms with van der Waals surface area (Å²) in [5.41, 5.74) is 0.669. The maximum atomic E-state index is 13.0. The lowest BCUT2D eigenvalue weighted by molar-refractivity contribution is 0.0916. The Morgan fingerprint density at radius 2 is 1.80 bits per heavy atom. The average molecular weight is 277 g/mol. The first kappa shape index (κ1) is 14.1. The van der Waals surface area contributed by atoms with E-state index >= 15 is 0 Å². The molecule has 2 rings (SSSR count). The van der Waals surface area contributed by atoms with Gasteiger partial charge in [0.2, 0.25) is 0 Å². The third-order valence-corrected chi connectivity index (χ3v) is 2.82. The van der Waals surface area contributed by atoms with Crippen LogP contribution in [-0.2, 0) is 0 Å². The molecule has 0 saturated carbocycles. The zero-order valence-electron chi connectivity index (χ0n) is 10.5. The van der Waals surface area contributed by atoms with Gasteiger partial charge in [0.25, 0.3) is 5.91 Å². The molecule has 2 N–H and O–H groups in total. The van der Waals surface area contributed by atoms with Gasteiger partial charge in [0.15, 0.2) is 11.6 Å². The van der Waals surface area contributed by atoms with Gasteiger partial charge in [-0.3, -0.25) is 4.79 Å². The molecule has 1 unspecified atom stereocenters. The molecule has 0 aromatic heterocycles. The van der Waals surface area contributed by atoms with Crippen LogP contribution >= 0.6 is 0 Å². The molecule has 0 spiro atoms. The van der Waals surface area contributed by atoms with Crippen LogP contribution in [0.2, 0.25) is 0 Å². The lowest BCUT2D eigenvalue weighted by Crippen LogP contribution is -2.28. The molecular formula is C15H13F2NO2. The lowest BCUT2D eigenvalue weighted by atomic mass is 10.1. The van der Waals surface area contributed by atoms with E-state index in [1.807, 2.05) is 0 Å². The van der Waals surface area contributed by atoms with Crippen molar-refractivity contribution in [2.24, 2.45) is 0 Å². The minimum Gasteiger partial charge on any atom is -0.387 e. The summed E-state index contributed by atoms with van der Waals surface area (Å²) in [4.78, 5) is 11.7. The van der Waals surface area contributed by atoms with E-state index in [0.717, 1.165) is 12.1 Å². The van der Waals surface area contributed by atoms with Gasteiger partial charge in [0.1, 0.15) is 0 Å². The molecule has 0 aliphatic heterocycles. The number of nitrogens with one attached hydrogen (secondary N) is 1. The highest BCUT2D eigenvalue weighted by atomic mass is 19.2. The van der Waals surface area contributed by atoms with E-state index in [9.17, 15) is 18.7 Å². The molecule has 0 aliphatic carbocycles. The highest BCUT2D eigenvalue weighted by molar-refractivity contribution is 5.94. The summed E-state index contributed by atoms with van der Waals surface area (Å²) in [6, 6.07) is 11.6. The Balaban J connectivity index is 1.96. The zero-order chi connectivity index (χ0) is 14.5. The third-order valence-electron chi connectivity index (χ3n) is 2.82. The van der Waals surface area contributed by atoms with Crippen molar-refractivity contribution >= 4 is 5.91 Å². The van der Waals surface area contributed by atoms with Crippen molar-refractivity contribution in [2.45, 2.75) is 6.10 Å². The number of hydrogen-bond acceptors (Lipinski definition) is 2. The van der Waals surface area contributed by atoms with Crippen LogP contribution in [0.3, 0.4) is 0 Å². The number of halogens is 2. The van der Waals surface area contributed by atoms with Crippen LogP contribution < -0.4 is 5.32 Å². The minimum atomic E-state index is -1.10. The normalized spacial score (nSPS) is 11.9. The fourth-order valence-corrected chi connectivity index (χ4v) is 1.72. The second kappa shape index (κ2) is 6.25. The standard InChI is InChI=1S/C15H13F2NO2/c16-12-7-6-11(8-13(12)17)14(19)9-18-15(20)10-4-2-1-3-5-10/h1-8,14,19H,9H2,(H,18,20). The van der Waals surface area contributed by atoms with E-state index in [1.54, 1.807) is 30.3 Å². The van der Waals surface area contributed by atoms with E-state index < -0.39 is 17.7 Å². The van der Waals surface area contributed by atoms with Gasteiger partial charge in [-0.25, -0.2) is 8.78 Å². The van der Waals surface area contributed by atoms with Gasteiger partial charge >= 0.3 is 0 Å². The van der Waals surface area contributed by atoms with Crippen LogP contribution in [0.25, 0.3) is 0 Å². The summed E-state index contributed by atoms with van der Waals surface area (Å²) >= 11 is 0. The molecule has 0 heterocycles. The summed E-state index contributed by atoms with van der Waals surface area (Å²) in [6.07, 6.45) is -1.10. The number of carbonyl (C=O) groups excluding carboxylic acids is 1. The second-order valence-corrected chi connectivity index (χ2v) is 4.27. The molecule has 0 bridgehead atoms. The number of rotatable bonds is 4. The van der Waals surface area contributed by atoms with Gasteiger partial charge in [-0.15, -0.1) is 0 Å². The number of benzene rings is 2. The molecule has 20 heavy (non-hydrogen) atoms. The molecule has 0 aliphatic rings. The van der Waals surface area contributed by atoms with Crippen LogP contribution in [0, 0.1) is 11.6 Å². The summed E-state index contributed by atoms with van der Waals surface area (Å²) in [5, 5.41) is 12.4. The number of hydrogen-bond donors (Lipinski definition) is 2. The second-order valence-electron chi connectivity index (χ2n) is 4.27. The number of aliphatic hydroxyl groups is 1. The van der Waals surface area contributed by atoms with Crippen molar-refractivity contribution < 1.29 is 18.7 Å². The van der Waals surface area contributed by atoms with E-state index in [1.165, 1.54) is 6.07 Å². The van der Waals surface area contributed by atoms with Gasteiger partial charge in [-0.1, -0.05) is 24.3 Å². The van der Waals surface area contributed by atoms with Crippen LogP contribution in [0.1, 0.15) is 22.0 Å². The predicted molar refractivity (Wildman–Crippen MR) is 70.1 cm³/mol. The summed E-state index contributed by atoms with van der Waals surface area (Å²) < 4.78 is 25.8. The maximum absolute atomic E-state index is 13.0. The Hall–Kier alpha value is -2.27. The van der Waals surface area contributed by atoms with E-state index in [-0.39, 0.29) is 18.0 Å². The topological polar surface area (TPSA) is 49.3 Å². The fraction of sp³-hybridized carbons (Fsp3) is 0.133. The predicted octanol–water partition coefficient (Wildman–Crippen LogP) is 2.43. The molecule has 2 aromatic carbocycles. The minimum absolute atomic E-state index is 0.0845. The van der Waals surface area contributed by atoms with Gasteiger partial charge in [-0.05, 0) is 29.8 Å². The average Bonchev–Trinajstić information content (AvgIpc) is 2.48. The summed E-state index contributed by atoms with van der Waals surface area (Å²) in [6.45, 7) is -0.0845. The maximum Gasteiger partial charge on any atom is 0.251 e. The molecule has 1 amide bonds.